The Hall–Kier alpha value is -2.77. The molecule has 8 heteroatoms. The van der Waals surface area contributed by atoms with E-state index in [1.54, 1.807) is 44.6 Å². The predicted octanol–water partition coefficient (Wildman–Crippen LogP) is 3.79. The molecule has 0 saturated carbocycles. The largest absolute Gasteiger partial charge is 0.497 e. The lowest BCUT2D eigenvalue weighted by atomic mass is 9.94. The minimum Gasteiger partial charge on any atom is -0.497 e. The summed E-state index contributed by atoms with van der Waals surface area (Å²) in [5.74, 6) is 0.987. The van der Waals surface area contributed by atoms with Gasteiger partial charge in [0.1, 0.15) is 11.5 Å². The third-order valence-electron chi connectivity index (χ3n) is 4.37. The van der Waals surface area contributed by atoms with E-state index >= 15 is 0 Å². The maximum atomic E-state index is 13.1. The zero-order valence-corrected chi connectivity index (χ0v) is 17.2. The van der Waals surface area contributed by atoms with Crippen LogP contribution in [0.4, 0.5) is 5.69 Å². The number of methoxy groups -OCH3 is 2. The van der Waals surface area contributed by atoms with Gasteiger partial charge in [-0.1, -0.05) is 11.6 Å². The summed E-state index contributed by atoms with van der Waals surface area (Å²) in [5, 5.41) is 10.1. The molecule has 0 aliphatic carbocycles. The first-order valence-electron chi connectivity index (χ1n) is 8.50. The molecule has 1 amide bonds. The molecule has 3 rings (SSSR count). The molecule has 28 heavy (non-hydrogen) atoms. The number of carbonyl (C=O) groups excluding carboxylic acids is 1. The van der Waals surface area contributed by atoms with Crippen molar-refractivity contribution < 1.29 is 14.3 Å². The molecule has 0 saturated heterocycles. The van der Waals surface area contributed by atoms with E-state index < -0.39 is 6.04 Å². The lowest BCUT2D eigenvalue weighted by Crippen LogP contribution is -2.45. The summed E-state index contributed by atoms with van der Waals surface area (Å²) >= 11 is 11.2. The first-order valence-corrected chi connectivity index (χ1v) is 9.28. The van der Waals surface area contributed by atoms with Crippen molar-refractivity contribution in [2.45, 2.75) is 13.0 Å². The Bertz CT molecular complexity index is 944. The van der Waals surface area contributed by atoms with Crippen LogP contribution in [0.25, 0.3) is 0 Å². The second-order valence-corrected chi connectivity index (χ2v) is 6.98. The van der Waals surface area contributed by atoms with Gasteiger partial charge in [-0.3, -0.25) is 4.79 Å². The van der Waals surface area contributed by atoms with E-state index in [9.17, 15) is 4.79 Å². The number of thiocarbonyl (C=S) groups is 1. The molecule has 1 aliphatic rings. The number of ether oxygens (including phenoxy) is 2. The standard InChI is InChI=1S/C20H20ClN3O3S/c1-11-17(19(25)23-13-6-4-12(21)5-7-13)18(24-20(28)22-11)15-9-8-14(26-2)10-16(15)27-3/h4-10,18H,1-3H3,(H,23,25)(H2,22,24,28)/t18-/m0/s1. The molecule has 0 bridgehead atoms. The fourth-order valence-electron chi connectivity index (χ4n) is 3.02. The molecular weight excluding hydrogens is 398 g/mol. The molecule has 3 N–H and O–H groups in total. The first-order chi connectivity index (χ1) is 13.4. The highest BCUT2D eigenvalue weighted by Crippen LogP contribution is 2.35. The molecule has 0 unspecified atom stereocenters. The molecule has 2 aromatic rings. The summed E-state index contributed by atoms with van der Waals surface area (Å²) in [6, 6.07) is 11.9. The number of amides is 1. The smallest absolute Gasteiger partial charge is 0.255 e. The van der Waals surface area contributed by atoms with E-state index in [1.165, 1.54) is 0 Å². The van der Waals surface area contributed by atoms with Gasteiger partial charge < -0.3 is 25.4 Å². The van der Waals surface area contributed by atoms with E-state index in [0.717, 1.165) is 5.56 Å². The molecule has 146 valence electrons. The molecule has 1 atom stereocenters. The Morgan fingerprint density at radius 1 is 1.14 bits per heavy atom. The second kappa shape index (κ2) is 8.50. The molecule has 2 aromatic carbocycles. The van der Waals surface area contributed by atoms with Crippen molar-refractivity contribution in [1.29, 1.82) is 0 Å². The third-order valence-corrected chi connectivity index (χ3v) is 4.84. The number of hydrogen-bond acceptors (Lipinski definition) is 4. The van der Waals surface area contributed by atoms with Crippen molar-refractivity contribution in [2.75, 3.05) is 19.5 Å². The van der Waals surface area contributed by atoms with Crippen molar-refractivity contribution in [3.63, 3.8) is 0 Å². The highest BCUT2D eigenvalue weighted by Gasteiger charge is 2.32. The predicted molar refractivity (Wildman–Crippen MR) is 114 cm³/mol. The van der Waals surface area contributed by atoms with Gasteiger partial charge in [-0.25, -0.2) is 0 Å². The van der Waals surface area contributed by atoms with Crippen LogP contribution < -0.4 is 25.4 Å². The van der Waals surface area contributed by atoms with Gasteiger partial charge >= 0.3 is 0 Å². The van der Waals surface area contributed by atoms with Gasteiger partial charge in [0.2, 0.25) is 0 Å². The van der Waals surface area contributed by atoms with E-state index in [0.29, 0.717) is 38.6 Å². The third kappa shape index (κ3) is 4.21. The fraction of sp³-hybridized carbons (Fsp3) is 0.200. The van der Waals surface area contributed by atoms with Gasteiger partial charge in [-0.05, 0) is 55.5 Å². The number of allylic oxidation sites excluding steroid dienone is 1. The summed E-state index contributed by atoms with van der Waals surface area (Å²) in [5.41, 5.74) is 2.58. The average Bonchev–Trinajstić information content (AvgIpc) is 2.68. The topological polar surface area (TPSA) is 71.6 Å². The van der Waals surface area contributed by atoms with Crippen LogP contribution in [0.2, 0.25) is 5.02 Å². The molecule has 1 aliphatic heterocycles. The van der Waals surface area contributed by atoms with Crippen molar-refractivity contribution in [3.05, 3.63) is 64.3 Å². The average molecular weight is 418 g/mol. The number of benzene rings is 2. The molecule has 0 fully saturated rings. The molecule has 1 heterocycles. The van der Waals surface area contributed by atoms with Gasteiger partial charge in [0.15, 0.2) is 5.11 Å². The Morgan fingerprint density at radius 2 is 1.86 bits per heavy atom. The van der Waals surface area contributed by atoms with E-state index in [4.69, 9.17) is 33.3 Å². The van der Waals surface area contributed by atoms with Crippen LogP contribution in [-0.2, 0) is 4.79 Å². The number of rotatable bonds is 5. The highest BCUT2D eigenvalue weighted by atomic mass is 35.5. The van der Waals surface area contributed by atoms with Gasteiger partial charge in [0.25, 0.3) is 5.91 Å². The quantitative estimate of drug-likeness (QED) is 0.643. The highest BCUT2D eigenvalue weighted by molar-refractivity contribution is 7.80. The molecular formula is C20H20ClN3O3S. The zero-order valence-electron chi connectivity index (χ0n) is 15.6. The normalized spacial score (nSPS) is 16.1. The molecule has 6 nitrogen and oxygen atoms in total. The van der Waals surface area contributed by atoms with Crippen molar-refractivity contribution in [1.82, 2.24) is 10.6 Å². The van der Waals surface area contributed by atoms with E-state index in [1.807, 2.05) is 19.1 Å². The van der Waals surface area contributed by atoms with Gasteiger partial charge in [-0.15, -0.1) is 0 Å². The summed E-state index contributed by atoms with van der Waals surface area (Å²) in [7, 11) is 3.16. The molecule has 0 radical (unpaired) electrons. The number of nitrogens with one attached hydrogen (secondary N) is 3. The minimum atomic E-state index is -0.484. The van der Waals surface area contributed by atoms with Crippen molar-refractivity contribution in [3.8, 4) is 11.5 Å². The number of halogens is 1. The monoisotopic (exact) mass is 417 g/mol. The van der Waals surface area contributed by atoms with E-state index in [2.05, 4.69) is 16.0 Å². The summed E-state index contributed by atoms with van der Waals surface area (Å²) in [4.78, 5) is 13.1. The SMILES string of the molecule is COc1ccc([C@@H]2NC(=S)NC(C)=C2C(=O)Nc2ccc(Cl)cc2)c(OC)c1. The second-order valence-electron chi connectivity index (χ2n) is 6.14. The lowest BCUT2D eigenvalue weighted by molar-refractivity contribution is -0.113. The maximum Gasteiger partial charge on any atom is 0.255 e. The Morgan fingerprint density at radius 3 is 2.50 bits per heavy atom. The zero-order chi connectivity index (χ0) is 20.3. The Balaban J connectivity index is 1.99. The number of hydrogen-bond donors (Lipinski definition) is 3. The van der Waals surface area contributed by atoms with Crippen molar-refractivity contribution in [2.24, 2.45) is 0 Å². The van der Waals surface area contributed by atoms with Crippen LogP contribution in [0.3, 0.4) is 0 Å². The van der Waals surface area contributed by atoms with Crippen LogP contribution in [0.5, 0.6) is 11.5 Å². The summed E-state index contributed by atoms with van der Waals surface area (Å²) in [6.45, 7) is 1.81. The number of carbonyl (C=O) groups is 1. The molecule has 0 spiro atoms. The van der Waals surface area contributed by atoms with E-state index in [-0.39, 0.29) is 5.91 Å². The van der Waals surface area contributed by atoms with Crippen LogP contribution in [-0.4, -0.2) is 25.2 Å². The lowest BCUT2D eigenvalue weighted by Gasteiger charge is -2.31. The maximum absolute atomic E-state index is 13.1. The van der Waals surface area contributed by atoms with Crippen LogP contribution in [0.15, 0.2) is 53.7 Å². The summed E-state index contributed by atoms with van der Waals surface area (Å²) < 4.78 is 10.8. The number of anilines is 1. The Labute approximate surface area is 173 Å². The molecule has 0 aromatic heterocycles. The minimum absolute atomic E-state index is 0.259. The van der Waals surface area contributed by atoms with Gasteiger partial charge in [-0.2, -0.15) is 0 Å². The van der Waals surface area contributed by atoms with Gasteiger partial charge in [0, 0.05) is 28.0 Å². The Kier molecular flexibility index (Phi) is 6.06. The first kappa shape index (κ1) is 20.0. The fourth-order valence-corrected chi connectivity index (χ4v) is 3.41. The van der Waals surface area contributed by atoms with Crippen LogP contribution in [0.1, 0.15) is 18.5 Å². The summed E-state index contributed by atoms with van der Waals surface area (Å²) in [6.07, 6.45) is 0. The van der Waals surface area contributed by atoms with Crippen molar-refractivity contribution >= 4 is 40.5 Å². The van der Waals surface area contributed by atoms with Gasteiger partial charge in [0.05, 0.1) is 25.8 Å². The van der Waals surface area contributed by atoms with Crippen LogP contribution >= 0.6 is 23.8 Å². The van der Waals surface area contributed by atoms with Crippen LogP contribution in [0, 0.1) is 0 Å².